The lowest BCUT2D eigenvalue weighted by atomic mass is 9.83. The molecule has 68 valence electrons. The summed E-state index contributed by atoms with van der Waals surface area (Å²) >= 11 is 0. The van der Waals surface area contributed by atoms with Gasteiger partial charge in [0.25, 0.3) is 0 Å². The first kappa shape index (κ1) is 9.30. The zero-order valence-electron chi connectivity index (χ0n) is 8.18. The van der Waals surface area contributed by atoms with Gasteiger partial charge in [0.15, 0.2) is 0 Å². The Balaban J connectivity index is 2.95. The van der Waals surface area contributed by atoms with E-state index < -0.39 is 0 Å². The van der Waals surface area contributed by atoms with Gasteiger partial charge < -0.3 is 4.74 Å². The van der Waals surface area contributed by atoms with Gasteiger partial charge in [0.1, 0.15) is 5.76 Å². The highest BCUT2D eigenvalue weighted by Gasteiger charge is 2.31. The van der Waals surface area contributed by atoms with Crippen LogP contribution in [0.2, 0.25) is 0 Å². The lowest BCUT2D eigenvalue weighted by Crippen LogP contribution is -2.28. The van der Waals surface area contributed by atoms with Gasteiger partial charge in [-0.25, -0.2) is 0 Å². The molecule has 1 heterocycles. The summed E-state index contributed by atoms with van der Waals surface area (Å²) in [7, 11) is 0. The maximum atomic E-state index is 11.3. The van der Waals surface area contributed by atoms with Crippen molar-refractivity contribution in [2.75, 3.05) is 0 Å². The topological polar surface area (TPSA) is 26.3 Å². The van der Waals surface area contributed by atoms with Crippen molar-refractivity contribution in [3.05, 3.63) is 11.3 Å². The van der Waals surface area contributed by atoms with Crippen molar-refractivity contribution >= 4 is 5.97 Å². The van der Waals surface area contributed by atoms with Gasteiger partial charge in [-0.3, -0.25) is 4.79 Å². The van der Waals surface area contributed by atoms with E-state index in [9.17, 15) is 4.79 Å². The van der Waals surface area contributed by atoms with E-state index in [-0.39, 0.29) is 11.9 Å². The molecular formula is C10H16O2. The standard InChI is InChI=1S/C10H16O2/c1-5-9-6(2)8(4)12-10(11)7(9)3/h7,9H,5H2,1-4H3. The van der Waals surface area contributed by atoms with E-state index in [4.69, 9.17) is 4.74 Å². The summed E-state index contributed by atoms with van der Waals surface area (Å²) in [5.41, 5.74) is 1.23. The van der Waals surface area contributed by atoms with E-state index in [0.717, 1.165) is 12.2 Å². The second-order valence-corrected chi connectivity index (χ2v) is 3.46. The fourth-order valence-corrected chi connectivity index (χ4v) is 1.78. The molecule has 0 aliphatic carbocycles. The van der Waals surface area contributed by atoms with Crippen LogP contribution in [0.4, 0.5) is 0 Å². The van der Waals surface area contributed by atoms with Crippen molar-refractivity contribution < 1.29 is 9.53 Å². The summed E-state index contributed by atoms with van der Waals surface area (Å²) in [5, 5.41) is 0. The summed E-state index contributed by atoms with van der Waals surface area (Å²) in [4.78, 5) is 11.3. The highest BCUT2D eigenvalue weighted by Crippen LogP contribution is 2.32. The smallest absolute Gasteiger partial charge is 0.314 e. The number of cyclic esters (lactones) is 1. The average Bonchev–Trinajstić information content (AvgIpc) is 2.02. The first-order chi connectivity index (χ1) is 5.57. The van der Waals surface area contributed by atoms with E-state index >= 15 is 0 Å². The molecule has 2 unspecified atom stereocenters. The lowest BCUT2D eigenvalue weighted by Gasteiger charge is -2.28. The van der Waals surface area contributed by atoms with Gasteiger partial charge in [0.2, 0.25) is 0 Å². The Morgan fingerprint density at radius 3 is 2.50 bits per heavy atom. The Morgan fingerprint density at radius 2 is 2.00 bits per heavy atom. The zero-order valence-corrected chi connectivity index (χ0v) is 8.18. The van der Waals surface area contributed by atoms with Gasteiger partial charge >= 0.3 is 5.97 Å². The second-order valence-electron chi connectivity index (χ2n) is 3.46. The molecule has 0 aromatic rings. The molecule has 2 heteroatoms. The SMILES string of the molecule is CCC1C(C)=C(C)OC(=O)C1C. The molecule has 1 aliphatic heterocycles. The predicted molar refractivity (Wildman–Crippen MR) is 47.4 cm³/mol. The summed E-state index contributed by atoms with van der Waals surface area (Å²) in [6, 6.07) is 0. The van der Waals surface area contributed by atoms with Crippen LogP contribution in [0, 0.1) is 11.8 Å². The molecule has 2 nitrogen and oxygen atoms in total. The Morgan fingerprint density at radius 1 is 1.42 bits per heavy atom. The molecule has 0 saturated heterocycles. The highest BCUT2D eigenvalue weighted by atomic mass is 16.5. The van der Waals surface area contributed by atoms with Crippen LogP contribution in [-0.4, -0.2) is 5.97 Å². The molecule has 1 aliphatic rings. The average molecular weight is 168 g/mol. The second kappa shape index (κ2) is 3.30. The maximum absolute atomic E-state index is 11.3. The Bertz CT molecular complexity index is 228. The fraction of sp³-hybridized carbons (Fsp3) is 0.700. The van der Waals surface area contributed by atoms with E-state index in [1.54, 1.807) is 0 Å². The van der Waals surface area contributed by atoms with Crippen molar-refractivity contribution in [2.45, 2.75) is 34.1 Å². The Hall–Kier alpha value is -0.790. The van der Waals surface area contributed by atoms with Crippen LogP contribution in [0.5, 0.6) is 0 Å². The minimum atomic E-state index is -0.0787. The van der Waals surface area contributed by atoms with Gasteiger partial charge in [-0.05, 0) is 31.8 Å². The number of rotatable bonds is 1. The van der Waals surface area contributed by atoms with Gasteiger partial charge in [-0.2, -0.15) is 0 Å². The van der Waals surface area contributed by atoms with Crippen LogP contribution in [0.1, 0.15) is 34.1 Å². The van der Waals surface area contributed by atoms with Crippen LogP contribution >= 0.6 is 0 Å². The van der Waals surface area contributed by atoms with Gasteiger partial charge in [-0.15, -0.1) is 0 Å². The van der Waals surface area contributed by atoms with Crippen LogP contribution in [0.3, 0.4) is 0 Å². The molecule has 12 heavy (non-hydrogen) atoms. The number of carbonyl (C=O) groups excluding carboxylic acids is 1. The third-order valence-electron chi connectivity index (χ3n) is 2.78. The van der Waals surface area contributed by atoms with E-state index in [1.165, 1.54) is 5.57 Å². The molecule has 0 bridgehead atoms. The van der Waals surface area contributed by atoms with Gasteiger partial charge in [0, 0.05) is 0 Å². The Kier molecular flexibility index (Phi) is 2.55. The molecule has 0 aromatic heterocycles. The van der Waals surface area contributed by atoms with Crippen molar-refractivity contribution in [1.29, 1.82) is 0 Å². The monoisotopic (exact) mass is 168 g/mol. The molecule has 0 N–H and O–H groups in total. The normalized spacial score (nSPS) is 30.5. The summed E-state index contributed by atoms with van der Waals surface area (Å²) < 4.78 is 5.08. The van der Waals surface area contributed by atoms with Crippen molar-refractivity contribution in [3.63, 3.8) is 0 Å². The molecule has 2 atom stereocenters. The first-order valence-electron chi connectivity index (χ1n) is 4.47. The summed E-state index contributed by atoms with van der Waals surface area (Å²) in [6.07, 6.45) is 1.01. The van der Waals surface area contributed by atoms with Crippen LogP contribution < -0.4 is 0 Å². The van der Waals surface area contributed by atoms with Crippen LogP contribution in [0.25, 0.3) is 0 Å². The van der Waals surface area contributed by atoms with Crippen molar-refractivity contribution in [3.8, 4) is 0 Å². The quantitative estimate of drug-likeness (QED) is 0.562. The van der Waals surface area contributed by atoms with E-state index in [1.807, 2.05) is 20.8 Å². The number of esters is 1. The number of allylic oxidation sites excluding steroid dienone is 2. The number of ether oxygens (including phenoxy) is 1. The fourth-order valence-electron chi connectivity index (χ4n) is 1.78. The van der Waals surface area contributed by atoms with Crippen molar-refractivity contribution in [2.24, 2.45) is 11.8 Å². The third-order valence-corrected chi connectivity index (χ3v) is 2.78. The molecule has 1 rings (SSSR count). The maximum Gasteiger partial charge on any atom is 0.314 e. The summed E-state index contributed by atoms with van der Waals surface area (Å²) in [5.74, 6) is 1.12. The highest BCUT2D eigenvalue weighted by molar-refractivity contribution is 5.75. The largest absolute Gasteiger partial charge is 0.431 e. The minimum Gasteiger partial charge on any atom is -0.431 e. The molecular weight excluding hydrogens is 152 g/mol. The third kappa shape index (κ3) is 1.38. The predicted octanol–water partition coefficient (Wildman–Crippen LogP) is 2.50. The zero-order chi connectivity index (χ0) is 9.30. The van der Waals surface area contributed by atoms with E-state index in [2.05, 4.69) is 6.92 Å². The first-order valence-corrected chi connectivity index (χ1v) is 4.47. The Labute approximate surface area is 73.6 Å². The molecule has 0 aromatic carbocycles. The van der Waals surface area contributed by atoms with Crippen LogP contribution in [-0.2, 0) is 9.53 Å². The minimum absolute atomic E-state index is 0.0266. The summed E-state index contributed by atoms with van der Waals surface area (Å²) in [6.45, 7) is 7.96. The molecule has 0 amide bonds. The van der Waals surface area contributed by atoms with Crippen LogP contribution in [0.15, 0.2) is 11.3 Å². The number of hydrogen-bond donors (Lipinski definition) is 0. The van der Waals surface area contributed by atoms with Gasteiger partial charge in [-0.1, -0.05) is 13.8 Å². The number of carbonyl (C=O) groups is 1. The molecule has 0 spiro atoms. The number of hydrogen-bond acceptors (Lipinski definition) is 2. The van der Waals surface area contributed by atoms with Crippen molar-refractivity contribution in [1.82, 2.24) is 0 Å². The lowest BCUT2D eigenvalue weighted by molar-refractivity contribution is -0.147. The molecule has 0 fully saturated rings. The van der Waals surface area contributed by atoms with E-state index in [0.29, 0.717) is 5.92 Å². The molecule has 0 radical (unpaired) electrons. The molecule has 0 saturated carbocycles. The van der Waals surface area contributed by atoms with Gasteiger partial charge in [0.05, 0.1) is 5.92 Å².